The summed E-state index contributed by atoms with van der Waals surface area (Å²) in [6, 6.07) is 11.4. The molecule has 0 bridgehead atoms. The number of nitrogens with one attached hydrogen (secondary N) is 1. The van der Waals surface area contributed by atoms with Gasteiger partial charge in [-0.1, -0.05) is 30.3 Å². The highest BCUT2D eigenvalue weighted by Gasteiger charge is 2.13. The first-order valence-electron chi connectivity index (χ1n) is 6.28. The molecule has 0 aliphatic heterocycles. The van der Waals surface area contributed by atoms with Gasteiger partial charge >= 0.3 is 6.03 Å². The SMILES string of the molecule is CN(Cc1ccccc1)C(=O)Nc1cc(O)c(O)c(O)c1. The van der Waals surface area contributed by atoms with Crippen molar-refractivity contribution in [3.05, 3.63) is 48.0 Å². The Morgan fingerprint density at radius 3 is 2.24 bits per heavy atom. The van der Waals surface area contributed by atoms with E-state index in [1.54, 1.807) is 7.05 Å². The molecule has 0 heterocycles. The molecule has 0 unspecified atom stereocenters. The lowest BCUT2D eigenvalue weighted by atomic mass is 10.2. The van der Waals surface area contributed by atoms with E-state index < -0.39 is 23.3 Å². The summed E-state index contributed by atoms with van der Waals surface area (Å²) in [7, 11) is 1.63. The molecule has 0 aromatic heterocycles. The second-order valence-electron chi connectivity index (χ2n) is 4.63. The number of phenols is 3. The molecular weight excluding hydrogens is 272 g/mol. The first-order valence-corrected chi connectivity index (χ1v) is 6.28. The Hall–Kier alpha value is -2.89. The van der Waals surface area contributed by atoms with Crippen LogP contribution in [-0.4, -0.2) is 33.3 Å². The molecule has 0 spiro atoms. The van der Waals surface area contributed by atoms with Crippen LogP contribution in [0.1, 0.15) is 5.56 Å². The second kappa shape index (κ2) is 6.04. The minimum Gasteiger partial charge on any atom is -0.504 e. The molecule has 0 fully saturated rings. The van der Waals surface area contributed by atoms with E-state index in [-0.39, 0.29) is 5.69 Å². The number of rotatable bonds is 3. The van der Waals surface area contributed by atoms with E-state index in [9.17, 15) is 20.1 Å². The van der Waals surface area contributed by atoms with Gasteiger partial charge in [-0.05, 0) is 5.56 Å². The van der Waals surface area contributed by atoms with Gasteiger partial charge in [0.2, 0.25) is 0 Å². The highest BCUT2D eigenvalue weighted by Crippen LogP contribution is 2.37. The number of nitrogens with zero attached hydrogens (tertiary/aromatic N) is 1. The predicted octanol–water partition coefficient (Wildman–Crippen LogP) is 2.47. The Morgan fingerprint density at radius 1 is 1.10 bits per heavy atom. The van der Waals surface area contributed by atoms with Crippen LogP contribution in [-0.2, 0) is 6.54 Å². The normalized spacial score (nSPS) is 10.1. The third-order valence-corrected chi connectivity index (χ3v) is 2.93. The van der Waals surface area contributed by atoms with Gasteiger partial charge in [0.1, 0.15) is 0 Å². The van der Waals surface area contributed by atoms with Gasteiger partial charge in [-0.3, -0.25) is 0 Å². The van der Waals surface area contributed by atoms with Crippen LogP contribution in [0.4, 0.5) is 10.5 Å². The maximum absolute atomic E-state index is 12.0. The zero-order valence-corrected chi connectivity index (χ0v) is 11.4. The van der Waals surface area contributed by atoms with Crippen LogP contribution >= 0.6 is 0 Å². The van der Waals surface area contributed by atoms with Crippen LogP contribution in [0.25, 0.3) is 0 Å². The fraction of sp³-hybridized carbons (Fsp3) is 0.133. The van der Waals surface area contributed by atoms with E-state index in [1.807, 2.05) is 30.3 Å². The molecule has 0 saturated carbocycles. The van der Waals surface area contributed by atoms with E-state index in [2.05, 4.69) is 5.32 Å². The number of aromatic hydroxyl groups is 3. The third kappa shape index (κ3) is 3.56. The Kier molecular flexibility index (Phi) is 4.18. The summed E-state index contributed by atoms with van der Waals surface area (Å²) in [4.78, 5) is 13.5. The number of carbonyl (C=O) groups is 1. The molecule has 110 valence electrons. The van der Waals surface area contributed by atoms with Crippen molar-refractivity contribution in [3.8, 4) is 17.2 Å². The maximum Gasteiger partial charge on any atom is 0.321 e. The lowest BCUT2D eigenvalue weighted by molar-refractivity contribution is 0.220. The molecule has 2 amide bonds. The highest BCUT2D eigenvalue weighted by atomic mass is 16.3. The molecule has 0 radical (unpaired) electrons. The fourth-order valence-electron chi connectivity index (χ4n) is 1.82. The zero-order chi connectivity index (χ0) is 15.4. The van der Waals surface area contributed by atoms with Crippen LogP contribution in [0.5, 0.6) is 17.2 Å². The van der Waals surface area contributed by atoms with E-state index in [0.717, 1.165) is 17.7 Å². The highest BCUT2D eigenvalue weighted by molar-refractivity contribution is 5.90. The average molecular weight is 288 g/mol. The smallest absolute Gasteiger partial charge is 0.321 e. The zero-order valence-electron chi connectivity index (χ0n) is 11.4. The Labute approximate surface area is 121 Å². The molecule has 4 N–H and O–H groups in total. The van der Waals surface area contributed by atoms with Crippen molar-refractivity contribution in [2.45, 2.75) is 6.54 Å². The molecule has 0 aliphatic rings. The molecule has 2 rings (SSSR count). The molecule has 6 heteroatoms. The number of hydrogen-bond acceptors (Lipinski definition) is 4. The minimum absolute atomic E-state index is 0.188. The van der Waals surface area contributed by atoms with Gasteiger partial charge in [0.05, 0.1) is 5.69 Å². The number of benzene rings is 2. The lowest BCUT2D eigenvalue weighted by Crippen LogP contribution is -2.30. The summed E-state index contributed by atoms with van der Waals surface area (Å²) >= 11 is 0. The number of phenolic OH excluding ortho intramolecular Hbond substituents is 3. The van der Waals surface area contributed by atoms with E-state index >= 15 is 0 Å². The Balaban J connectivity index is 2.04. The summed E-state index contributed by atoms with van der Waals surface area (Å²) in [5, 5.41) is 30.6. The monoisotopic (exact) mass is 288 g/mol. The molecule has 0 aliphatic carbocycles. The lowest BCUT2D eigenvalue weighted by Gasteiger charge is -2.18. The first-order chi connectivity index (χ1) is 9.97. The predicted molar refractivity (Wildman–Crippen MR) is 78.4 cm³/mol. The van der Waals surface area contributed by atoms with Gasteiger partial charge in [-0.25, -0.2) is 4.79 Å². The van der Waals surface area contributed by atoms with Crippen LogP contribution < -0.4 is 5.32 Å². The van der Waals surface area contributed by atoms with E-state index in [1.165, 1.54) is 4.90 Å². The van der Waals surface area contributed by atoms with Crippen LogP contribution in [0.15, 0.2) is 42.5 Å². The molecule has 2 aromatic carbocycles. The van der Waals surface area contributed by atoms with Crippen LogP contribution in [0, 0.1) is 0 Å². The van der Waals surface area contributed by atoms with Crippen molar-refractivity contribution in [3.63, 3.8) is 0 Å². The Morgan fingerprint density at radius 2 is 1.67 bits per heavy atom. The number of carbonyl (C=O) groups excluding carboxylic acids is 1. The van der Waals surface area contributed by atoms with Crippen molar-refractivity contribution in [1.29, 1.82) is 0 Å². The van der Waals surface area contributed by atoms with Crippen LogP contribution in [0.2, 0.25) is 0 Å². The third-order valence-electron chi connectivity index (χ3n) is 2.93. The summed E-state index contributed by atoms with van der Waals surface area (Å²) in [5.41, 5.74) is 1.17. The Bertz CT molecular complexity index is 620. The molecule has 6 nitrogen and oxygen atoms in total. The molecule has 2 aromatic rings. The summed E-state index contributed by atoms with van der Waals surface area (Å²) in [6.45, 7) is 0.419. The first kappa shape index (κ1) is 14.5. The van der Waals surface area contributed by atoms with Gasteiger partial charge in [0.25, 0.3) is 0 Å². The molecular formula is C15H16N2O4. The number of hydrogen-bond donors (Lipinski definition) is 4. The van der Waals surface area contributed by atoms with Crippen molar-refractivity contribution in [2.24, 2.45) is 0 Å². The van der Waals surface area contributed by atoms with Gasteiger partial charge in [0.15, 0.2) is 17.2 Å². The maximum atomic E-state index is 12.0. The fourth-order valence-corrected chi connectivity index (χ4v) is 1.82. The van der Waals surface area contributed by atoms with Gasteiger partial charge < -0.3 is 25.5 Å². The van der Waals surface area contributed by atoms with E-state index in [4.69, 9.17) is 0 Å². The van der Waals surface area contributed by atoms with Crippen molar-refractivity contribution < 1.29 is 20.1 Å². The van der Waals surface area contributed by atoms with Crippen molar-refractivity contribution in [2.75, 3.05) is 12.4 Å². The average Bonchev–Trinajstić information content (AvgIpc) is 2.45. The largest absolute Gasteiger partial charge is 0.504 e. The van der Waals surface area contributed by atoms with Crippen molar-refractivity contribution in [1.82, 2.24) is 4.90 Å². The summed E-state index contributed by atoms with van der Waals surface area (Å²) in [6.07, 6.45) is 0. The van der Waals surface area contributed by atoms with Gasteiger partial charge in [0, 0.05) is 25.7 Å². The minimum atomic E-state index is -0.620. The van der Waals surface area contributed by atoms with E-state index in [0.29, 0.717) is 6.54 Å². The number of urea groups is 1. The quantitative estimate of drug-likeness (QED) is 0.515. The summed E-state index contributed by atoms with van der Waals surface area (Å²) < 4.78 is 0. The molecule has 0 atom stereocenters. The van der Waals surface area contributed by atoms with Crippen molar-refractivity contribution >= 4 is 11.7 Å². The van der Waals surface area contributed by atoms with Gasteiger partial charge in [-0.15, -0.1) is 0 Å². The molecule has 0 saturated heterocycles. The number of anilines is 1. The van der Waals surface area contributed by atoms with Crippen LogP contribution in [0.3, 0.4) is 0 Å². The second-order valence-corrected chi connectivity index (χ2v) is 4.63. The summed E-state index contributed by atoms with van der Waals surface area (Å²) in [5.74, 6) is -1.63. The standard InChI is InChI=1S/C15H16N2O4/c1-17(9-10-5-3-2-4-6-10)15(21)16-11-7-12(18)14(20)13(19)8-11/h2-8,18-20H,9H2,1H3,(H,16,21). The molecule has 21 heavy (non-hydrogen) atoms. The topological polar surface area (TPSA) is 93.0 Å². The van der Waals surface area contributed by atoms with Gasteiger partial charge in [-0.2, -0.15) is 0 Å². The number of amides is 2.